The van der Waals surface area contributed by atoms with Gasteiger partial charge in [-0.05, 0) is 49.7 Å². The maximum absolute atomic E-state index is 6.08. The third-order valence-electron chi connectivity index (χ3n) is 4.34. The van der Waals surface area contributed by atoms with Crippen LogP contribution in [0.15, 0.2) is 24.3 Å². The van der Waals surface area contributed by atoms with E-state index in [1.54, 1.807) is 0 Å². The van der Waals surface area contributed by atoms with Crippen LogP contribution in [0.1, 0.15) is 43.7 Å². The summed E-state index contributed by atoms with van der Waals surface area (Å²) >= 11 is 0. The quantitative estimate of drug-likeness (QED) is 0.807. The highest BCUT2D eigenvalue weighted by Gasteiger charge is 2.35. The van der Waals surface area contributed by atoms with Gasteiger partial charge in [-0.3, -0.25) is 0 Å². The first-order chi connectivity index (χ1) is 7.68. The number of hydrogen-bond acceptors (Lipinski definition) is 1. The fourth-order valence-electron chi connectivity index (χ4n) is 3.07. The average Bonchev–Trinajstić information content (AvgIpc) is 2.32. The zero-order chi connectivity index (χ0) is 11.6. The molecule has 0 spiro atoms. The Morgan fingerprint density at radius 3 is 2.44 bits per heavy atom. The molecule has 0 radical (unpaired) electrons. The van der Waals surface area contributed by atoms with Crippen molar-refractivity contribution < 1.29 is 0 Å². The summed E-state index contributed by atoms with van der Waals surface area (Å²) in [6.07, 6.45) is 5.17. The van der Waals surface area contributed by atoms with Gasteiger partial charge in [-0.25, -0.2) is 0 Å². The maximum atomic E-state index is 6.08. The SMILES string of the molecule is Cc1ccccc1C1(CN)CCC(C)CC1. The zero-order valence-corrected chi connectivity index (χ0v) is 10.5. The maximum Gasteiger partial charge on any atom is 0.00783 e. The predicted octanol–water partition coefficient (Wildman–Crippen LogP) is 3.40. The fourth-order valence-corrected chi connectivity index (χ4v) is 3.07. The first-order valence-electron chi connectivity index (χ1n) is 6.44. The molecule has 0 heterocycles. The molecule has 0 amide bonds. The molecule has 1 aromatic carbocycles. The predicted molar refractivity (Wildman–Crippen MR) is 69.5 cm³/mol. The second-order valence-electron chi connectivity index (χ2n) is 5.48. The summed E-state index contributed by atoms with van der Waals surface area (Å²) in [6, 6.07) is 8.76. The van der Waals surface area contributed by atoms with Gasteiger partial charge < -0.3 is 5.73 Å². The molecule has 88 valence electrons. The number of benzene rings is 1. The van der Waals surface area contributed by atoms with E-state index in [0.717, 1.165) is 12.5 Å². The normalized spacial score (nSPS) is 30.3. The van der Waals surface area contributed by atoms with Crippen molar-refractivity contribution in [2.75, 3.05) is 6.54 Å². The number of hydrogen-bond donors (Lipinski definition) is 1. The molecule has 0 aliphatic heterocycles. The van der Waals surface area contributed by atoms with Gasteiger partial charge in [-0.2, -0.15) is 0 Å². The third kappa shape index (κ3) is 2.01. The van der Waals surface area contributed by atoms with Crippen LogP contribution in [0, 0.1) is 12.8 Å². The molecule has 2 N–H and O–H groups in total. The van der Waals surface area contributed by atoms with Crippen LogP contribution in [-0.2, 0) is 5.41 Å². The van der Waals surface area contributed by atoms with Gasteiger partial charge >= 0.3 is 0 Å². The van der Waals surface area contributed by atoms with Crippen molar-refractivity contribution in [2.24, 2.45) is 11.7 Å². The Kier molecular flexibility index (Phi) is 3.34. The highest BCUT2D eigenvalue weighted by molar-refractivity contribution is 5.34. The lowest BCUT2D eigenvalue weighted by Gasteiger charge is -2.40. The molecule has 1 nitrogen and oxygen atoms in total. The van der Waals surface area contributed by atoms with Gasteiger partial charge in [0, 0.05) is 12.0 Å². The van der Waals surface area contributed by atoms with Crippen LogP contribution in [0.2, 0.25) is 0 Å². The van der Waals surface area contributed by atoms with E-state index in [9.17, 15) is 0 Å². The summed E-state index contributed by atoms with van der Waals surface area (Å²) in [4.78, 5) is 0. The van der Waals surface area contributed by atoms with Gasteiger partial charge in [-0.1, -0.05) is 31.2 Å². The van der Waals surface area contributed by atoms with E-state index in [-0.39, 0.29) is 5.41 Å². The van der Waals surface area contributed by atoms with Crippen LogP contribution in [0.5, 0.6) is 0 Å². The van der Waals surface area contributed by atoms with E-state index in [4.69, 9.17) is 5.73 Å². The summed E-state index contributed by atoms with van der Waals surface area (Å²) < 4.78 is 0. The molecule has 1 aromatic rings. The van der Waals surface area contributed by atoms with Crippen LogP contribution in [0.4, 0.5) is 0 Å². The van der Waals surface area contributed by atoms with Crippen LogP contribution < -0.4 is 5.73 Å². The van der Waals surface area contributed by atoms with Crippen LogP contribution >= 0.6 is 0 Å². The molecule has 0 bridgehead atoms. The zero-order valence-electron chi connectivity index (χ0n) is 10.5. The van der Waals surface area contributed by atoms with Crippen molar-refractivity contribution in [1.82, 2.24) is 0 Å². The van der Waals surface area contributed by atoms with Crippen molar-refractivity contribution in [1.29, 1.82) is 0 Å². The number of nitrogens with two attached hydrogens (primary N) is 1. The lowest BCUT2D eigenvalue weighted by Crippen LogP contribution is -2.39. The minimum atomic E-state index is 0.262. The monoisotopic (exact) mass is 217 g/mol. The number of rotatable bonds is 2. The third-order valence-corrected chi connectivity index (χ3v) is 4.34. The molecule has 2 rings (SSSR count). The number of aryl methyl sites for hydroxylation is 1. The van der Waals surface area contributed by atoms with Crippen molar-refractivity contribution >= 4 is 0 Å². The van der Waals surface area contributed by atoms with Gasteiger partial charge in [0.2, 0.25) is 0 Å². The van der Waals surface area contributed by atoms with Crippen molar-refractivity contribution in [3.05, 3.63) is 35.4 Å². The van der Waals surface area contributed by atoms with Crippen molar-refractivity contribution in [3.8, 4) is 0 Å². The van der Waals surface area contributed by atoms with E-state index in [1.807, 2.05) is 0 Å². The fraction of sp³-hybridized carbons (Fsp3) is 0.600. The second kappa shape index (κ2) is 4.58. The van der Waals surface area contributed by atoms with E-state index in [0.29, 0.717) is 0 Å². The largest absolute Gasteiger partial charge is 0.330 e. The molecule has 0 atom stereocenters. The Morgan fingerprint density at radius 1 is 1.25 bits per heavy atom. The summed E-state index contributed by atoms with van der Waals surface area (Å²) in [5, 5.41) is 0. The Morgan fingerprint density at radius 2 is 1.88 bits per heavy atom. The lowest BCUT2D eigenvalue weighted by molar-refractivity contribution is 0.247. The van der Waals surface area contributed by atoms with Crippen molar-refractivity contribution in [2.45, 2.75) is 44.9 Å². The summed E-state index contributed by atoms with van der Waals surface area (Å²) in [5.74, 6) is 0.878. The first kappa shape index (κ1) is 11.7. The molecule has 1 heteroatoms. The molecular formula is C15H23N. The van der Waals surface area contributed by atoms with Crippen LogP contribution in [0.3, 0.4) is 0 Å². The average molecular weight is 217 g/mol. The Bertz CT molecular complexity index is 348. The second-order valence-corrected chi connectivity index (χ2v) is 5.48. The van der Waals surface area contributed by atoms with Gasteiger partial charge in [0.25, 0.3) is 0 Å². The highest BCUT2D eigenvalue weighted by Crippen LogP contribution is 2.41. The molecule has 0 unspecified atom stereocenters. The van der Waals surface area contributed by atoms with E-state index in [1.165, 1.54) is 36.8 Å². The molecule has 1 aliphatic rings. The van der Waals surface area contributed by atoms with Crippen molar-refractivity contribution in [3.63, 3.8) is 0 Å². The van der Waals surface area contributed by atoms with Crippen LogP contribution in [-0.4, -0.2) is 6.54 Å². The molecule has 1 saturated carbocycles. The Labute approximate surface area is 99.0 Å². The van der Waals surface area contributed by atoms with Gasteiger partial charge in [-0.15, -0.1) is 0 Å². The van der Waals surface area contributed by atoms with E-state index >= 15 is 0 Å². The van der Waals surface area contributed by atoms with E-state index in [2.05, 4.69) is 38.1 Å². The lowest BCUT2D eigenvalue weighted by atomic mass is 9.66. The smallest absolute Gasteiger partial charge is 0.00783 e. The summed E-state index contributed by atoms with van der Waals surface area (Å²) in [5.41, 5.74) is 9.24. The molecule has 1 fully saturated rings. The van der Waals surface area contributed by atoms with E-state index < -0.39 is 0 Å². The topological polar surface area (TPSA) is 26.0 Å². The molecule has 16 heavy (non-hydrogen) atoms. The highest BCUT2D eigenvalue weighted by atomic mass is 14.6. The Balaban J connectivity index is 2.32. The minimum absolute atomic E-state index is 0.262. The standard InChI is InChI=1S/C15H23N/c1-12-7-9-15(11-16,10-8-12)14-6-4-3-5-13(14)2/h3-6,12H,7-11,16H2,1-2H3. The summed E-state index contributed by atoms with van der Waals surface area (Å²) in [7, 11) is 0. The summed E-state index contributed by atoms with van der Waals surface area (Å²) in [6.45, 7) is 5.37. The molecule has 0 saturated heterocycles. The minimum Gasteiger partial charge on any atom is -0.330 e. The molecular weight excluding hydrogens is 194 g/mol. The van der Waals surface area contributed by atoms with Gasteiger partial charge in [0.05, 0.1) is 0 Å². The van der Waals surface area contributed by atoms with Gasteiger partial charge in [0.1, 0.15) is 0 Å². The van der Waals surface area contributed by atoms with Crippen LogP contribution in [0.25, 0.3) is 0 Å². The van der Waals surface area contributed by atoms with Gasteiger partial charge in [0.15, 0.2) is 0 Å². The molecule has 0 aromatic heterocycles. The first-order valence-corrected chi connectivity index (χ1v) is 6.44. The molecule has 1 aliphatic carbocycles. The Hall–Kier alpha value is -0.820.